The lowest BCUT2D eigenvalue weighted by molar-refractivity contribution is -0.137. The lowest BCUT2D eigenvalue weighted by Gasteiger charge is -2.23. The van der Waals surface area contributed by atoms with Gasteiger partial charge in [0.25, 0.3) is 0 Å². The molecule has 1 fully saturated rings. The van der Waals surface area contributed by atoms with Gasteiger partial charge in [-0.25, -0.2) is 0 Å². The fourth-order valence-corrected chi connectivity index (χ4v) is 2.00. The summed E-state index contributed by atoms with van der Waals surface area (Å²) in [6, 6.07) is 2.24. The molecule has 1 aliphatic rings. The highest BCUT2D eigenvalue weighted by Crippen LogP contribution is 2.28. The molecule has 0 aromatic carbocycles. The van der Waals surface area contributed by atoms with Gasteiger partial charge in [-0.15, -0.1) is 0 Å². The zero-order valence-corrected chi connectivity index (χ0v) is 11.0. The van der Waals surface area contributed by atoms with Gasteiger partial charge < -0.3 is 9.80 Å². The maximum atomic E-state index is 12.0. The van der Waals surface area contributed by atoms with Crippen LogP contribution < -0.4 is 0 Å². The van der Waals surface area contributed by atoms with Crippen LogP contribution in [-0.4, -0.2) is 47.8 Å². The van der Waals surface area contributed by atoms with Crippen LogP contribution >= 0.6 is 0 Å². The number of hydrogen-bond donors (Lipinski definition) is 0. The fraction of sp³-hybridized carbons (Fsp3) is 0.615. The van der Waals surface area contributed by atoms with E-state index in [2.05, 4.69) is 12.6 Å². The van der Waals surface area contributed by atoms with Crippen LogP contribution in [-0.2, 0) is 9.59 Å². The summed E-state index contributed by atoms with van der Waals surface area (Å²) >= 11 is 0. The van der Waals surface area contributed by atoms with Crippen LogP contribution in [0.4, 0.5) is 0 Å². The van der Waals surface area contributed by atoms with Crippen LogP contribution in [0.25, 0.3) is 0 Å². The molecule has 2 amide bonds. The Balaban J connectivity index is 2.59. The van der Waals surface area contributed by atoms with Crippen molar-refractivity contribution in [2.75, 3.05) is 26.2 Å². The van der Waals surface area contributed by atoms with E-state index < -0.39 is 5.41 Å². The maximum absolute atomic E-state index is 12.0. The van der Waals surface area contributed by atoms with Crippen molar-refractivity contribution in [3.63, 3.8) is 0 Å². The van der Waals surface area contributed by atoms with Crippen LogP contribution in [0.2, 0.25) is 0 Å². The zero-order valence-electron chi connectivity index (χ0n) is 11.0. The Bertz CT molecular complexity index is 400. The molecule has 1 unspecified atom stereocenters. The van der Waals surface area contributed by atoms with Gasteiger partial charge in [0.15, 0.2) is 0 Å². The predicted molar refractivity (Wildman–Crippen MR) is 67.4 cm³/mol. The summed E-state index contributed by atoms with van der Waals surface area (Å²) in [7, 11) is 0. The first-order valence-corrected chi connectivity index (χ1v) is 6.06. The Labute approximate surface area is 108 Å². The lowest BCUT2D eigenvalue weighted by Crippen LogP contribution is -2.42. The van der Waals surface area contributed by atoms with Crippen molar-refractivity contribution in [3.8, 4) is 6.07 Å². The minimum atomic E-state index is -0.449. The van der Waals surface area contributed by atoms with Gasteiger partial charge in [0, 0.05) is 19.6 Å². The van der Waals surface area contributed by atoms with Gasteiger partial charge in [-0.1, -0.05) is 6.58 Å². The molecule has 0 aromatic heterocycles. The third kappa shape index (κ3) is 3.10. The Kier molecular flexibility index (Phi) is 4.49. The maximum Gasteiger partial charge on any atom is 0.246 e. The van der Waals surface area contributed by atoms with Crippen molar-refractivity contribution < 1.29 is 9.59 Å². The summed E-state index contributed by atoms with van der Waals surface area (Å²) in [5.41, 5.74) is -0.449. The summed E-state index contributed by atoms with van der Waals surface area (Å²) in [6.45, 7) is 8.65. The zero-order chi connectivity index (χ0) is 13.8. The van der Waals surface area contributed by atoms with E-state index in [4.69, 9.17) is 5.26 Å². The van der Waals surface area contributed by atoms with E-state index in [1.165, 1.54) is 11.0 Å². The summed E-state index contributed by atoms with van der Waals surface area (Å²) < 4.78 is 0. The first-order valence-electron chi connectivity index (χ1n) is 6.06. The molecular formula is C13H19N3O2. The molecule has 1 rings (SSSR count). The predicted octanol–water partition coefficient (Wildman–Crippen LogP) is 0.783. The van der Waals surface area contributed by atoms with Crippen molar-refractivity contribution in [3.05, 3.63) is 12.7 Å². The van der Waals surface area contributed by atoms with E-state index in [0.717, 1.165) is 0 Å². The summed E-state index contributed by atoms with van der Waals surface area (Å²) in [5.74, 6) is -0.348. The highest BCUT2D eigenvalue weighted by molar-refractivity contribution is 5.91. The Morgan fingerprint density at radius 2 is 2.28 bits per heavy atom. The van der Waals surface area contributed by atoms with Crippen LogP contribution in [0, 0.1) is 16.7 Å². The van der Waals surface area contributed by atoms with E-state index in [1.807, 2.05) is 13.8 Å². The Morgan fingerprint density at radius 1 is 1.61 bits per heavy atom. The first kappa shape index (κ1) is 14.2. The molecule has 1 saturated heterocycles. The number of carbonyl (C=O) groups is 2. The summed E-state index contributed by atoms with van der Waals surface area (Å²) in [6.07, 6.45) is 1.90. The molecule has 0 aliphatic carbocycles. The molecule has 0 bridgehead atoms. The topological polar surface area (TPSA) is 64.4 Å². The quantitative estimate of drug-likeness (QED) is 0.692. The molecule has 1 aliphatic heterocycles. The van der Waals surface area contributed by atoms with Gasteiger partial charge in [0.2, 0.25) is 11.8 Å². The standard InChI is InChI=1S/C13H19N3O2/c1-4-11(17)15(5-2)8-12(18)16-7-6-13(3,9-14)10-16/h4H,1,5-8,10H2,2-3H3. The number of amides is 2. The van der Waals surface area contributed by atoms with Crippen molar-refractivity contribution in [1.29, 1.82) is 5.26 Å². The van der Waals surface area contributed by atoms with E-state index >= 15 is 0 Å². The second-order valence-corrected chi connectivity index (χ2v) is 4.79. The Hall–Kier alpha value is -1.83. The van der Waals surface area contributed by atoms with E-state index in [1.54, 1.807) is 4.90 Å². The Morgan fingerprint density at radius 3 is 2.72 bits per heavy atom. The van der Waals surface area contributed by atoms with Gasteiger partial charge in [-0.3, -0.25) is 9.59 Å². The monoisotopic (exact) mass is 249 g/mol. The molecular weight excluding hydrogens is 230 g/mol. The molecule has 0 radical (unpaired) electrons. The normalized spacial score (nSPS) is 22.4. The number of likely N-dealkylation sites (N-methyl/N-ethyl adjacent to an activating group) is 1. The van der Waals surface area contributed by atoms with Crippen molar-refractivity contribution in [1.82, 2.24) is 9.80 Å². The molecule has 5 nitrogen and oxygen atoms in total. The van der Waals surface area contributed by atoms with Gasteiger partial charge in [0.05, 0.1) is 18.0 Å². The number of nitrogens with zero attached hydrogens (tertiary/aromatic N) is 3. The van der Waals surface area contributed by atoms with Gasteiger partial charge >= 0.3 is 0 Å². The highest BCUT2D eigenvalue weighted by atomic mass is 16.2. The van der Waals surface area contributed by atoms with Crippen LogP contribution in [0.1, 0.15) is 20.3 Å². The summed E-state index contributed by atoms with van der Waals surface area (Å²) in [5, 5.41) is 9.01. The lowest BCUT2D eigenvalue weighted by atomic mass is 9.92. The molecule has 5 heteroatoms. The van der Waals surface area contributed by atoms with Gasteiger partial charge in [0.1, 0.15) is 0 Å². The average molecular weight is 249 g/mol. The largest absolute Gasteiger partial charge is 0.340 e. The van der Waals surface area contributed by atoms with Crippen molar-refractivity contribution in [2.24, 2.45) is 5.41 Å². The minimum Gasteiger partial charge on any atom is -0.340 e. The average Bonchev–Trinajstić information content (AvgIpc) is 2.78. The molecule has 0 saturated carbocycles. The molecule has 0 aromatic rings. The minimum absolute atomic E-state index is 0.0584. The van der Waals surface area contributed by atoms with Gasteiger partial charge in [-0.2, -0.15) is 5.26 Å². The molecule has 1 atom stereocenters. The molecule has 98 valence electrons. The van der Waals surface area contributed by atoms with Crippen LogP contribution in [0.3, 0.4) is 0 Å². The van der Waals surface area contributed by atoms with E-state index in [-0.39, 0.29) is 18.4 Å². The number of rotatable bonds is 4. The second-order valence-electron chi connectivity index (χ2n) is 4.79. The van der Waals surface area contributed by atoms with Crippen molar-refractivity contribution in [2.45, 2.75) is 20.3 Å². The third-order valence-electron chi connectivity index (χ3n) is 3.29. The third-order valence-corrected chi connectivity index (χ3v) is 3.29. The van der Waals surface area contributed by atoms with E-state index in [0.29, 0.717) is 26.1 Å². The van der Waals surface area contributed by atoms with Crippen LogP contribution in [0.5, 0.6) is 0 Å². The fourth-order valence-electron chi connectivity index (χ4n) is 2.00. The van der Waals surface area contributed by atoms with Crippen molar-refractivity contribution >= 4 is 11.8 Å². The molecule has 0 spiro atoms. The van der Waals surface area contributed by atoms with E-state index in [9.17, 15) is 9.59 Å². The van der Waals surface area contributed by atoms with Crippen LogP contribution in [0.15, 0.2) is 12.7 Å². The number of hydrogen-bond acceptors (Lipinski definition) is 3. The number of nitriles is 1. The highest BCUT2D eigenvalue weighted by Gasteiger charge is 2.36. The number of carbonyl (C=O) groups excluding carboxylic acids is 2. The van der Waals surface area contributed by atoms with Gasteiger partial charge in [-0.05, 0) is 26.3 Å². The first-order chi connectivity index (χ1) is 8.45. The summed E-state index contributed by atoms with van der Waals surface area (Å²) in [4.78, 5) is 26.6. The SMILES string of the molecule is C=CC(=O)N(CC)CC(=O)N1CCC(C)(C#N)C1. The second kappa shape index (κ2) is 5.67. The smallest absolute Gasteiger partial charge is 0.246 e. The molecule has 0 N–H and O–H groups in total. The molecule has 18 heavy (non-hydrogen) atoms. The molecule has 1 heterocycles. The number of likely N-dealkylation sites (tertiary alicyclic amines) is 1.